The van der Waals surface area contributed by atoms with Gasteiger partial charge in [-0.1, -0.05) is 12.1 Å². The summed E-state index contributed by atoms with van der Waals surface area (Å²) >= 11 is 0. The topological polar surface area (TPSA) is 42.2 Å². The number of ether oxygens (including phenoxy) is 2. The van der Waals surface area contributed by atoms with E-state index in [4.69, 9.17) is 16.1 Å². The molecule has 1 aromatic rings. The molecule has 0 bridgehead atoms. The van der Waals surface area contributed by atoms with E-state index in [-0.39, 0.29) is 7.09 Å². The number of nitriles is 1. The van der Waals surface area contributed by atoms with Crippen LogP contribution in [0.25, 0.3) is 0 Å². The van der Waals surface area contributed by atoms with Gasteiger partial charge in [0.2, 0.25) is 0 Å². The summed E-state index contributed by atoms with van der Waals surface area (Å²) in [7, 11) is 1.36. The van der Waals surface area contributed by atoms with Crippen LogP contribution in [0.3, 0.4) is 0 Å². The maximum absolute atomic E-state index is 8.75. The summed E-state index contributed by atoms with van der Waals surface area (Å²) in [5.41, 5.74) is 0.737. The van der Waals surface area contributed by atoms with E-state index in [0.29, 0.717) is 0 Å². The van der Waals surface area contributed by atoms with Crippen LogP contribution in [0.1, 0.15) is 13.0 Å². The van der Waals surface area contributed by atoms with Crippen LogP contribution < -0.4 is 4.74 Å². The van der Waals surface area contributed by atoms with Gasteiger partial charge in [-0.25, -0.2) is 0 Å². The molecule has 1 unspecified atom stereocenters. The molecule has 3 nitrogen and oxygen atoms in total. The van der Waals surface area contributed by atoms with Crippen LogP contribution in [-0.2, 0) is 4.74 Å². The molecule has 3 heteroatoms. The van der Waals surface area contributed by atoms with Crippen molar-refractivity contribution < 1.29 is 10.8 Å². The van der Waals surface area contributed by atoms with Gasteiger partial charge in [0.05, 0.1) is 14.5 Å². The Kier molecular flexibility index (Phi) is 2.79. The van der Waals surface area contributed by atoms with Crippen molar-refractivity contribution in [2.75, 3.05) is 14.2 Å². The van der Waals surface area contributed by atoms with Gasteiger partial charge in [-0.2, -0.15) is 5.26 Å². The number of benzene rings is 1. The van der Waals surface area contributed by atoms with Gasteiger partial charge in [-0.05, 0) is 17.7 Å². The number of hydrogen-bond acceptors (Lipinski definition) is 3. The van der Waals surface area contributed by atoms with E-state index in [0.717, 1.165) is 11.3 Å². The lowest BCUT2D eigenvalue weighted by atomic mass is 10.1. The third kappa shape index (κ3) is 2.20. The zero-order valence-electron chi connectivity index (χ0n) is 8.36. The van der Waals surface area contributed by atoms with Crippen molar-refractivity contribution in [3.8, 4) is 11.8 Å². The van der Waals surface area contributed by atoms with E-state index in [1.165, 1.54) is 0 Å². The third-order valence-electron chi connectivity index (χ3n) is 1.70. The van der Waals surface area contributed by atoms with Crippen LogP contribution in [0, 0.1) is 11.3 Å². The molecule has 13 heavy (non-hydrogen) atoms. The van der Waals surface area contributed by atoms with Gasteiger partial charge in [0.1, 0.15) is 5.75 Å². The minimum atomic E-state index is -0.668. The van der Waals surface area contributed by atoms with Gasteiger partial charge < -0.3 is 9.47 Å². The average Bonchev–Trinajstić information content (AvgIpc) is 2.26. The molecule has 0 aliphatic carbocycles. The maximum Gasteiger partial charge on any atom is 0.168 e. The molecule has 0 aliphatic heterocycles. The molecular weight excluding hydrogens is 166 g/mol. The summed E-state index contributed by atoms with van der Waals surface area (Å²) in [6.07, 6.45) is -0.668. The molecule has 0 radical (unpaired) electrons. The molecule has 0 aliphatic rings. The van der Waals surface area contributed by atoms with E-state index in [1.54, 1.807) is 31.4 Å². The molecule has 0 spiro atoms. The summed E-state index contributed by atoms with van der Waals surface area (Å²) in [6.45, 7) is 0. The van der Waals surface area contributed by atoms with Crippen LogP contribution in [0.15, 0.2) is 24.3 Å². The third-order valence-corrected chi connectivity index (χ3v) is 1.70. The Morgan fingerprint density at radius 3 is 2.62 bits per heavy atom. The molecule has 1 rings (SSSR count). The second-order valence-corrected chi connectivity index (χ2v) is 2.45. The van der Waals surface area contributed by atoms with E-state index >= 15 is 0 Å². The minimum absolute atomic E-state index is 0.218. The van der Waals surface area contributed by atoms with Gasteiger partial charge in [0.15, 0.2) is 6.10 Å². The van der Waals surface area contributed by atoms with Crippen LogP contribution in [0.5, 0.6) is 5.75 Å². The molecule has 0 amide bonds. The van der Waals surface area contributed by atoms with Crippen molar-refractivity contribution in [3.63, 3.8) is 0 Å². The van der Waals surface area contributed by atoms with Crippen molar-refractivity contribution in [3.05, 3.63) is 29.8 Å². The molecule has 68 valence electrons. The minimum Gasteiger partial charge on any atom is -0.497 e. The zero-order chi connectivity index (χ0) is 10.4. The Bertz CT molecular complexity index is 318. The van der Waals surface area contributed by atoms with Crippen molar-refractivity contribution in [2.45, 2.75) is 6.10 Å². The molecule has 0 fully saturated rings. The maximum atomic E-state index is 8.75. The number of hydrogen-bond donors (Lipinski definition) is 0. The van der Waals surface area contributed by atoms with E-state index in [2.05, 4.69) is 0 Å². The Morgan fingerprint density at radius 1 is 1.46 bits per heavy atom. The number of nitrogens with zero attached hydrogens (tertiary/aromatic N) is 1. The predicted octanol–water partition coefficient (Wildman–Crippen LogP) is 1.91. The van der Waals surface area contributed by atoms with Gasteiger partial charge in [-0.3, -0.25) is 0 Å². The van der Waals surface area contributed by atoms with Crippen molar-refractivity contribution in [1.82, 2.24) is 0 Å². The second-order valence-electron chi connectivity index (χ2n) is 2.45. The summed E-state index contributed by atoms with van der Waals surface area (Å²) in [5, 5.41) is 8.75. The normalized spacial score (nSPS) is 12.8. The predicted molar refractivity (Wildman–Crippen MR) is 48.4 cm³/mol. The van der Waals surface area contributed by atoms with E-state index in [1.807, 2.05) is 6.07 Å². The molecule has 1 atom stereocenters. The first-order valence-electron chi connectivity index (χ1n) is 4.47. The molecule has 0 saturated carbocycles. The lowest BCUT2D eigenvalue weighted by Gasteiger charge is -2.07. The first-order chi connectivity index (χ1) is 6.81. The highest BCUT2D eigenvalue weighted by atomic mass is 16.5. The standard InChI is InChI=1S/C10H11NO2/c1-12-9-5-3-8(4-6-9)10(7-11)13-2/h3-6,10H,1-2H3/i2D. The average molecular weight is 178 g/mol. The lowest BCUT2D eigenvalue weighted by molar-refractivity contribution is 0.148. The fourth-order valence-corrected chi connectivity index (χ4v) is 0.987. The van der Waals surface area contributed by atoms with Gasteiger partial charge >= 0.3 is 0 Å². The van der Waals surface area contributed by atoms with Crippen LogP contribution in [0.4, 0.5) is 0 Å². The highest BCUT2D eigenvalue weighted by Gasteiger charge is 2.07. The van der Waals surface area contributed by atoms with Crippen LogP contribution >= 0.6 is 0 Å². The van der Waals surface area contributed by atoms with Gasteiger partial charge in [0, 0.05) is 7.09 Å². The quantitative estimate of drug-likeness (QED) is 0.710. The van der Waals surface area contributed by atoms with Gasteiger partial charge in [0.25, 0.3) is 0 Å². The molecule has 0 saturated heterocycles. The first kappa shape index (κ1) is 8.09. The SMILES string of the molecule is [2H]COC(C#N)c1ccc(OC)cc1. The summed E-state index contributed by atoms with van der Waals surface area (Å²) in [4.78, 5) is 0. The lowest BCUT2D eigenvalue weighted by Crippen LogP contribution is -1.97. The van der Waals surface area contributed by atoms with E-state index < -0.39 is 6.10 Å². The second kappa shape index (κ2) is 4.48. The fourth-order valence-electron chi connectivity index (χ4n) is 0.987. The Hall–Kier alpha value is -1.53. The Balaban J connectivity index is 2.79. The largest absolute Gasteiger partial charge is 0.497 e. The van der Waals surface area contributed by atoms with Crippen LogP contribution in [0.2, 0.25) is 0 Å². The van der Waals surface area contributed by atoms with Gasteiger partial charge in [-0.15, -0.1) is 0 Å². The Morgan fingerprint density at radius 2 is 2.15 bits per heavy atom. The zero-order valence-corrected chi connectivity index (χ0v) is 7.36. The van der Waals surface area contributed by atoms with Crippen molar-refractivity contribution in [1.29, 1.82) is 5.26 Å². The summed E-state index contributed by atoms with van der Waals surface area (Å²) in [6, 6.07) is 8.99. The highest BCUT2D eigenvalue weighted by Crippen LogP contribution is 2.18. The first-order valence-corrected chi connectivity index (χ1v) is 3.76. The van der Waals surface area contributed by atoms with Crippen molar-refractivity contribution >= 4 is 0 Å². The summed E-state index contributed by atoms with van der Waals surface area (Å²) < 4.78 is 16.8. The van der Waals surface area contributed by atoms with E-state index in [9.17, 15) is 0 Å². The number of methoxy groups -OCH3 is 2. The smallest absolute Gasteiger partial charge is 0.168 e. The summed E-state index contributed by atoms with van der Waals surface area (Å²) in [5.74, 6) is 0.733. The van der Waals surface area contributed by atoms with Crippen LogP contribution in [-0.4, -0.2) is 14.2 Å². The molecule has 1 aromatic carbocycles. The molecular formula is C10H11NO2. The molecule has 0 N–H and O–H groups in total. The highest BCUT2D eigenvalue weighted by molar-refractivity contribution is 5.30. The Labute approximate surface area is 78.9 Å². The molecule has 0 aromatic heterocycles. The fraction of sp³-hybridized carbons (Fsp3) is 0.300. The molecule has 0 heterocycles. The van der Waals surface area contributed by atoms with Crippen molar-refractivity contribution in [2.24, 2.45) is 0 Å². The number of rotatable bonds is 3. The monoisotopic (exact) mass is 178 g/mol.